The molecule has 3 rings (SSSR count). The van der Waals surface area contributed by atoms with E-state index in [1.807, 2.05) is 35.1 Å². The Kier molecular flexibility index (Phi) is 4.30. The fraction of sp³-hybridized carbons (Fsp3) is 0.429. The highest BCUT2D eigenvalue weighted by Gasteiger charge is 2.13. The lowest BCUT2D eigenvalue weighted by molar-refractivity contribution is 0.278. The molecule has 2 aromatic rings. The Bertz CT molecular complexity index is 560. The molecule has 1 aliphatic heterocycles. The number of hydrogen-bond donors (Lipinski definition) is 1. The molecule has 2 heterocycles. The molecule has 0 saturated carbocycles. The van der Waals surface area contributed by atoms with Crippen LogP contribution in [0.4, 0.5) is 0 Å². The minimum Gasteiger partial charge on any atom is -0.315 e. The highest BCUT2D eigenvalue weighted by atomic mass is 35.5. The van der Waals surface area contributed by atoms with Gasteiger partial charge in [-0.25, -0.2) is 4.68 Å². The lowest BCUT2D eigenvalue weighted by Gasteiger charge is -2.19. The zero-order chi connectivity index (χ0) is 13.8. The predicted octanol–water partition coefficient (Wildman–Crippen LogP) is 1.72. The molecule has 0 aliphatic carbocycles. The molecule has 0 spiro atoms. The number of rotatable bonds is 3. The van der Waals surface area contributed by atoms with E-state index in [1.54, 1.807) is 0 Å². The largest absolute Gasteiger partial charge is 0.315 e. The Balaban J connectivity index is 1.79. The highest BCUT2D eigenvalue weighted by Crippen LogP contribution is 2.16. The molecule has 0 bridgehead atoms. The van der Waals surface area contributed by atoms with E-state index in [4.69, 9.17) is 11.6 Å². The van der Waals surface area contributed by atoms with Gasteiger partial charge in [0.15, 0.2) is 0 Å². The van der Waals surface area contributed by atoms with Crippen molar-refractivity contribution in [3.05, 3.63) is 41.2 Å². The van der Waals surface area contributed by atoms with Crippen molar-refractivity contribution in [1.82, 2.24) is 25.2 Å². The molecule has 1 aromatic heterocycles. The van der Waals surface area contributed by atoms with Crippen LogP contribution in [-0.2, 0) is 6.54 Å². The van der Waals surface area contributed by atoms with Crippen LogP contribution in [0.2, 0.25) is 5.02 Å². The van der Waals surface area contributed by atoms with Crippen LogP contribution in [0.3, 0.4) is 0 Å². The van der Waals surface area contributed by atoms with E-state index in [0.717, 1.165) is 44.1 Å². The molecule has 20 heavy (non-hydrogen) atoms. The lowest BCUT2D eigenvalue weighted by Crippen LogP contribution is -2.28. The van der Waals surface area contributed by atoms with E-state index in [9.17, 15) is 0 Å². The molecule has 1 fully saturated rings. The van der Waals surface area contributed by atoms with Gasteiger partial charge in [0.25, 0.3) is 0 Å². The van der Waals surface area contributed by atoms with Gasteiger partial charge in [-0.15, -0.1) is 5.10 Å². The standard InChI is InChI=1S/C14H18ClN5/c15-12-3-1-4-13(9-12)20-14(10-17-18-20)11-19-7-2-5-16-6-8-19/h1,3-4,9-10,16H,2,5-8,11H2. The molecule has 0 atom stereocenters. The fourth-order valence-electron chi connectivity index (χ4n) is 2.48. The molecule has 0 unspecified atom stereocenters. The first-order chi connectivity index (χ1) is 9.83. The van der Waals surface area contributed by atoms with Crippen LogP contribution < -0.4 is 5.32 Å². The van der Waals surface area contributed by atoms with Crippen LogP contribution in [-0.4, -0.2) is 46.1 Å². The monoisotopic (exact) mass is 291 g/mol. The summed E-state index contributed by atoms with van der Waals surface area (Å²) in [6.07, 6.45) is 3.01. The summed E-state index contributed by atoms with van der Waals surface area (Å²) in [4.78, 5) is 2.43. The Morgan fingerprint density at radius 1 is 1.25 bits per heavy atom. The third-order valence-corrected chi connectivity index (χ3v) is 3.73. The lowest BCUT2D eigenvalue weighted by atomic mass is 10.3. The molecule has 0 radical (unpaired) electrons. The SMILES string of the molecule is Clc1cccc(-n2nncc2CN2CCCNCC2)c1. The van der Waals surface area contributed by atoms with Gasteiger partial charge < -0.3 is 5.32 Å². The number of hydrogen-bond acceptors (Lipinski definition) is 4. The van der Waals surface area contributed by atoms with Crippen molar-refractivity contribution in [3.63, 3.8) is 0 Å². The van der Waals surface area contributed by atoms with Crippen LogP contribution in [0.5, 0.6) is 0 Å². The summed E-state index contributed by atoms with van der Waals surface area (Å²) >= 11 is 6.05. The molecule has 1 aliphatic rings. The van der Waals surface area contributed by atoms with E-state index < -0.39 is 0 Å². The summed E-state index contributed by atoms with van der Waals surface area (Å²) in [5.74, 6) is 0. The minimum absolute atomic E-state index is 0.711. The Labute approximate surface area is 123 Å². The van der Waals surface area contributed by atoms with E-state index in [1.165, 1.54) is 6.42 Å². The average molecular weight is 292 g/mol. The van der Waals surface area contributed by atoms with Gasteiger partial charge in [0.1, 0.15) is 0 Å². The van der Waals surface area contributed by atoms with E-state index in [-0.39, 0.29) is 0 Å². The summed E-state index contributed by atoms with van der Waals surface area (Å²) < 4.78 is 1.87. The normalized spacial score (nSPS) is 17.1. The fourth-order valence-corrected chi connectivity index (χ4v) is 2.66. The first kappa shape index (κ1) is 13.5. The van der Waals surface area contributed by atoms with Gasteiger partial charge in [-0.2, -0.15) is 0 Å². The van der Waals surface area contributed by atoms with Gasteiger partial charge >= 0.3 is 0 Å². The second kappa shape index (κ2) is 6.35. The van der Waals surface area contributed by atoms with E-state index in [0.29, 0.717) is 5.02 Å². The molecule has 1 saturated heterocycles. The molecule has 1 aromatic carbocycles. The highest BCUT2D eigenvalue weighted by molar-refractivity contribution is 6.30. The van der Waals surface area contributed by atoms with Gasteiger partial charge in [-0.05, 0) is 37.7 Å². The Morgan fingerprint density at radius 2 is 2.20 bits per heavy atom. The van der Waals surface area contributed by atoms with Crippen molar-refractivity contribution in [2.45, 2.75) is 13.0 Å². The minimum atomic E-state index is 0.711. The number of aromatic nitrogens is 3. The maximum Gasteiger partial charge on any atom is 0.0786 e. The third kappa shape index (κ3) is 3.17. The Hall–Kier alpha value is -1.43. The van der Waals surface area contributed by atoms with Crippen LogP contribution in [0.1, 0.15) is 12.1 Å². The quantitative estimate of drug-likeness (QED) is 0.935. The maximum atomic E-state index is 6.05. The molecule has 0 amide bonds. The Morgan fingerprint density at radius 3 is 3.10 bits per heavy atom. The molecule has 106 valence electrons. The van der Waals surface area contributed by atoms with Gasteiger partial charge in [-0.1, -0.05) is 22.9 Å². The van der Waals surface area contributed by atoms with Gasteiger partial charge in [0.05, 0.1) is 17.6 Å². The van der Waals surface area contributed by atoms with Crippen molar-refractivity contribution in [1.29, 1.82) is 0 Å². The van der Waals surface area contributed by atoms with Crippen molar-refractivity contribution in [3.8, 4) is 5.69 Å². The summed E-state index contributed by atoms with van der Waals surface area (Å²) in [6.45, 7) is 5.16. The van der Waals surface area contributed by atoms with Crippen molar-refractivity contribution >= 4 is 11.6 Å². The molecule has 6 heteroatoms. The molecular formula is C14H18ClN5. The first-order valence-electron chi connectivity index (χ1n) is 6.91. The molecular weight excluding hydrogens is 274 g/mol. The number of benzene rings is 1. The maximum absolute atomic E-state index is 6.05. The number of halogens is 1. The zero-order valence-electron chi connectivity index (χ0n) is 11.3. The number of nitrogens with one attached hydrogen (secondary N) is 1. The average Bonchev–Trinajstić information content (AvgIpc) is 2.74. The second-order valence-electron chi connectivity index (χ2n) is 5.00. The summed E-state index contributed by atoms with van der Waals surface area (Å²) in [5, 5.41) is 12.4. The van der Waals surface area contributed by atoms with Gasteiger partial charge in [0, 0.05) is 24.7 Å². The first-order valence-corrected chi connectivity index (χ1v) is 7.29. The van der Waals surface area contributed by atoms with Gasteiger partial charge in [0.2, 0.25) is 0 Å². The molecule has 1 N–H and O–H groups in total. The summed E-state index contributed by atoms with van der Waals surface area (Å²) in [7, 11) is 0. The van der Waals surface area contributed by atoms with Crippen molar-refractivity contribution in [2.75, 3.05) is 26.2 Å². The van der Waals surface area contributed by atoms with Gasteiger partial charge in [-0.3, -0.25) is 4.90 Å². The summed E-state index contributed by atoms with van der Waals surface area (Å²) in [5.41, 5.74) is 2.05. The van der Waals surface area contributed by atoms with E-state index >= 15 is 0 Å². The topological polar surface area (TPSA) is 46.0 Å². The van der Waals surface area contributed by atoms with Crippen LogP contribution in [0, 0.1) is 0 Å². The van der Waals surface area contributed by atoms with Crippen LogP contribution in [0.15, 0.2) is 30.5 Å². The van der Waals surface area contributed by atoms with E-state index in [2.05, 4.69) is 20.5 Å². The molecule has 5 nitrogen and oxygen atoms in total. The smallest absolute Gasteiger partial charge is 0.0786 e. The second-order valence-corrected chi connectivity index (χ2v) is 5.43. The number of nitrogens with zero attached hydrogens (tertiary/aromatic N) is 4. The predicted molar refractivity (Wildman–Crippen MR) is 79.1 cm³/mol. The zero-order valence-corrected chi connectivity index (χ0v) is 12.1. The summed E-state index contributed by atoms with van der Waals surface area (Å²) in [6, 6.07) is 7.69. The third-order valence-electron chi connectivity index (χ3n) is 3.49. The van der Waals surface area contributed by atoms with Crippen molar-refractivity contribution < 1.29 is 0 Å². The van der Waals surface area contributed by atoms with Crippen LogP contribution in [0.25, 0.3) is 5.69 Å². The van der Waals surface area contributed by atoms with Crippen LogP contribution >= 0.6 is 11.6 Å². The van der Waals surface area contributed by atoms with Crippen molar-refractivity contribution in [2.24, 2.45) is 0 Å².